The van der Waals surface area contributed by atoms with Crippen molar-refractivity contribution < 1.29 is 19.1 Å². The Bertz CT molecular complexity index is 262. The van der Waals surface area contributed by atoms with Crippen molar-refractivity contribution in [3.05, 3.63) is 0 Å². The molecule has 4 nitrogen and oxygen atoms in total. The number of hydrogen-bond donors (Lipinski definition) is 0. The minimum absolute atomic E-state index is 0.00136. The number of carbonyl (C=O) groups excluding carboxylic acids is 2. The van der Waals surface area contributed by atoms with E-state index in [4.69, 9.17) is 9.47 Å². The molecule has 2 unspecified atom stereocenters. The van der Waals surface area contributed by atoms with Gasteiger partial charge in [0.1, 0.15) is 11.9 Å². The molecular formula is C13H22O4. The van der Waals surface area contributed by atoms with Gasteiger partial charge in [0.2, 0.25) is 0 Å². The fourth-order valence-corrected chi connectivity index (χ4v) is 2.15. The van der Waals surface area contributed by atoms with E-state index < -0.39 is 0 Å². The SMILES string of the molecule is COC1CCCC(OC(=O)CCCC(C)=O)C1. The van der Waals surface area contributed by atoms with Gasteiger partial charge in [0.25, 0.3) is 0 Å². The normalized spacial score (nSPS) is 24.4. The average Bonchev–Trinajstić information content (AvgIpc) is 2.28. The molecule has 1 rings (SSSR count). The summed E-state index contributed by atoms with van der Waals surface area (Å²) < 4.78 is 10.7. The lowest BCUT2D eigenvalue weighted by atomic mass is 9.95. The number of esters is 1. The molecule has 98 valence electrons. The maximum Gasteiger partial charge on any atom is 0.306 e. The number of ether oxygens (including phenoxy) is 2. The van der Waals surface area contributed by atoms with E-state index in [1.54, 1.807) is 7.11 Å². The first-order chi connectivity index (χ1) is 8.11. The Morgan fingerprint density at radius 3 is 2.53 bits per heavy atom. The van der Waals surface area contributed by atoms with E-state index in [9.17, 15) is 9.59 Å². The first-order valence-electron chi connectivity index (χ1n) is 6.33. The minimum atomic E-state index is -0.187. The van der Waals surface area contributed by atoms with Crippen LogP contribution in [-0.2, 0) is 19.1 Å². The van der Waals surface area contributed by atoms with Gasteiger partial charge >= 0.3 is 5.97 Å². The van der Waals surface area contributed by atoms with Crippen LogP contribution in [0, 0.1) is 0 Å². The monoisotopic (exact) mass is 242 g/mol. The summed E-state index contributed by atoms with van der Waals surface area (Å²) in [4.78, 5) is 22.2. The van der Waals surface area contributed by atoms with Crippen LogP contribution in [0.3, 0.4) is 0 Å². The van der Waals surface area contributed by atoms with E-state index in [0.717, 1.165) is 25.7 Å². The average molecular weight is 242 g/mol. The zero-order valence-corrected chi connectivity index (χ0v) is 10.7. The maximum absolute atomic E-state index is 11.5. The Morgan fingerprint density at radius 1 is 1.18 bits per heavy atom. The van der Waals surface area contributed by atoms with Crippen LogP contribution in [0.1, 0.15) is 51.9 Å². The number of Topliss-reactive ketones (excluding diaryl/α,β-unsaturated/α-hetero) is 1. The quantitative estimate of drug-likeness (QED) is 0.670. The van der Waals surface area contributed by atoms with Gasteiger partial charge in [0, 0.05) is 26.4 Å². The van der Waals surface area contributed by atoms with Crippen molar-refractivity contribution in [1.29, 1.82) is 0 Å². The van der Waals surface area contributed by atoms with Crippen LogP contribution in [0.4, 0.5) is 0 Å². The molecule has 0 N–H and O–H groups in total. The molecule has 0 heterocycles. The molecule has 1 saturated carbocycles. The molecule has 0 bridgehead atoms. The number of rotatable bonds is 6. The van der Waals surface area contributed by atoms with E-state index in [0.29, 0.717) is 19.3 Å². The Balaban J connectivity index is 2.19. The van der Waals surface area contributed by atoms with Crippen LogP contribution in [-0.4, -0.2) is 31.1 Å². The lowest BCUT2D eigenvalue weighted by Crippen LogP contribution is -2.29. The predicted molar refractivity (Wildman–Crippen MR) is 63.7 cm³/mol. The molecule has 0 aliphatic heterocycles. The molecule has 4 heteroatoms. The Kier molecular flexibility index (Phi) is 6.19. The van der Waals surface area contributed by atoms with E-state index in [2.05, 4.69) is 0 Å². The van der Waals surface area contributed by atoms with Gasteiger partial charge in [-0.05, 0) is 32.6 Å². The first-order valence-corrected chi connectivity index (χ1v) is 6.33. The minimum Gasteiger partial charge on any atom is -0.462 e. The molecule has 0 aromatic carbocycles. The molecule has 0 aromatic heterocycles. The summed E-state index contributed by atoms with van der Waals surface area (Å²) in [6, 6.07) is 0. The molecule has 0 spiro atoms. The van der Waals surface area contributed by atoms with Crippen LogP contribution in [0.5, 0.6) is 0 Å². The highest BCUT2D eigenvalue weighted by atomic mass is 16.5. The van der Waals surface area contributed by atoms with Gasteiger partial charge in [-0.25, -0.2) is 0 Å². The number of methoxy groups -OCH3 is 1. The van der Waals surface area contributed by atoms with Crippen molar-refractivity contribution >= 4 is 11.8 Å². The highest BCUT2D eigenvalue weighted by molar-refractivity contribution is 5.76. The largest absolute Gasteiger partial charge is 0.462 e. The second-order valence-electron chi connectivity index (χ2n) is 4.69. The first kappa shape index (κ1) is 14.2. The van der Waals surface area contributed by atoms with E-state index in [-0.39, 0.29) is 24.0 Å². The Morgan fingerprint density at radius 2 is 1.88 bits per heavy atom. The van der Waals surface area contributed by atoms with E-state index in [1.807, 2.05) is 0 Å². The van der Waals surface area contributed by atoms with Crippen LogP contribution < -0.4 is 0 Å². The summed E-state index contributed by atoms with van der Waals surface area (Å²) in [5.74, 6) is -0.0667. The topological polar surface area (TPSA) is 52.6 Å². The maximum atomic E-state index is 11.5. The second kappa shape index (κ2) is 7.43. The predicted octanol–water partition coefficient (Wildman–Crippen LogP) is 2.25. The highest BCUT2D eigenvalue weighted by Crippen LogP contribution is 2.23. The van der Waals surface area contributed by atoms with Gasteiger partial charge in [-0.3, -0.25) is 4.79 Å². The highest BCUT2D eigenvalue weighted by Gasteiger charge is 2.24. The van der Waals surface area contributed by atoms with Gasteiger partial charge < -0.3 is 14.3 Å². The third-order valence-electron chi connectivity index (χ3n) is 3.12. The zero-order valence-electron chi connectivity index (χ0n) is 10.7. The standard InChI is InChI=1S/C13H22O4/c1-10(14)5-3-8-13(15)17-12-7-4-6-11(9-12)16-2/h11-12H,3-9H2,1-2H3. The molecule has 0 radical (unpaired) electrons. The molecular weight excluding hydrogens is 220 g/mol. The van der Waals surface area contributed by atoms with Gasteiger partial charge in [0.05, 0.1) is 6.10 Å². The molecule has 1 fully saturated rings. The number of hydrogen-bond acceptors (Lipinski definition) is 4. The summed E-state index contributed by atoms with van der Waals surface area (Å²) in [6.45, 7) is 1.54. The lowest BCUT2D eigenvalue weighted by molar-refractivity contribution is -0.152. The molecule has 0 amide bonds. The van der Waals surface area contributed by atoms with Gasteiger partial charge in [0.15, 0.2) is 0 Å². The molecule has 2 atom stereocenters. The lowest BCUT2D eigenvalue weighted by Gasteiger charge is -2.27. The summed E-state index contributed by atoms with van der Waals surface area (Å²) in [6.07, 6.45) is 5.44. The molecule has 0 aromatic rings. The third-order valence-corrected chi connectivity index (χ3v) is 3.12. The summed E-state index contributed by atoms with van der Waals surface area (Å²) in [5.41, 5.74) is 0. The molecule has 17 heavy (non-hydrogen) atoms. The van der Waals surface area contributed by atoms with E-state index in [1.165, 1.54) is 6.92 Å². The molecule has 1 aliphatic rings. The third kappa shape index (κ3) is 5.82. The zero-order chi connectivity index (χ0) is 12.7. The van der Waals surface area contributed by atoms with E-state index >= 15 is 0 Å². The van der Waals surface area contributed by atoms with Gasteiger partial charge in [-0.2, -0.15) is 0 Å². The number of ketones is 1. The van der Waals surface area contributed by atoms with Crippen LogP contribution in [0.2, 0.25) is 0 Å². The van der Waals surface area contributed by atoms with Crippen LogP contribution in [0.15, 0.2) is 0 Å². The Hall–Kier alpha value is -0.900. The summed E-state index contributed by atoms with van der Waals surface area (Å²) in [5, 5.41) is 0. The van der Waals surface area contributed by atoms with Crippen LogP contribution in [0.25, 0.3) is 0 Å². The molecule has 0 saturated heterocycles. The van der Waals surface area contributed by atoms with Gasteiger partial charge in [-0.1, -0.05) is 0 Å². The Labute approximate surface area is 103 Å². The van der Waals surface area contributed by atoms with Crippen molar-refractivity contribution in [2.24, 2.45) is 0 Å². The van der Waals surface area contributed by atoms with Crippen molar-refractivity contribution in [3.63, 3.8) is 0 Å². The fraction of sp³-hybridized carbons (Fsp3) is 0.846. The number of carbonyl (C=O) groups is 2. The fourth-order valence-electron chi connectivity index (χ4n) is 2.15. The second-order valence-corrected chi connectivity index (χ2v) is 4.69. The van der Waals surface area contributed by atoms with Crippen molar-refractivity contribution in [2.75, 3.05) is 7.11 Å². The smallest absolute Gasteiger partial charge is 0.306 e. The molecule has 1 aliphatic carbocycles. The van der Waals surface area contributed by atoms with Gasteiger partial charge in [-0.15, -0.1) is 0 Å². The van der Waals surface area contributed by atoms with Crippen molar-refractivity contribution in [3.8, 4) is 0 Å². The van der Waals surface area contributed by atoms with Crippen LogP contribution >= 0.6 is 0 Å². The summed E-state index contributed by atoms with van der Waals surface area (Å²) in [7, 11) is 1.70. The summed E-state index contributed by atoms with van der Waals surface area (Å²) >= 11 is 0. The van der Waals surface area contributed by atoms with Crippen molar-refractivity contribution in [1.82, 2.24) is 0 Å². The van der Waals surface area contributed by atoms with Crippen molar-refractivity contribution in [2.45, 2.75) is 64.1 Å².